The summed E-state index contributed by atoms with van der Waals surface area (Å²) >= 11 is 7.76. The van der Waals surface area contributed by atoms with Crippen LogP contribution in [0.1, 0.15) is 0 Å². The fourth-order valence-electron chi connectivity index (χ4n) is 1.63. The van der Waals surface area contributed by atoms with Crippen LogP contribution < -0.4 is 5.73 Å². The first kappa shape index (κ1) is 11.2. The third kappa shape index (κ3) is 1.75. The molecule has 3 rings (SSSR count). The van der Waals surface area contributed by atoms with Crippen LogP contribution in [-0.4, -0.2) is 20.2 Å². The van der Waals surface area contributed by atoms with Crippen molar-refractivity contribution in [3.8, 4) is 17.1 Å². The Morgan fingerprint density at radius 3 is 2.94 bits per heavy atom. The highest BCUT2D eigenvalue weighted by molar-refractivity contribution is 7.08. The molecule has 7 heteroatoms. The standard InChI is InChI=1S/C11H8ClN5S/c12-10-8(2-1-3-9(10)13)11-14-15-16-17(11)7-4-5-18-6-7/h1-6H,13H2. The molecule has 0 atom stereocenters. The predicted octanol–water partition coefficient (Wildman–Crippen LogP) is 2.63. The summed E-state index contributed by atoms with van der Waals surface area (Å²) in [5.41, 5.74) is 7.91. The zero-order chi connectivity index (χ0) is 12.5. The lowest BCUT2D eigenvalue weighted by Gasteiger charge is -2.06. The molecule has 0 amide bonds. The molecule has 18 heavy (non-hydrogen) atoms. The van der Waals surface area contributed by atoms with Crippen LogP contribution in [0.3, 0.4) is 0 Å². The molecule has 0 radical (unpaired) electrons. The topological polar surface area (TPSA) is 69.6 Å². The van der Waals surface area contributed by atoms with E-state index in [9.17, 15) is 0 Å². The lowest BCUT2D eigenvalue weighted by Crippen LogP contribution is -1.99. The van der Waals surface area contributed by atoms with E-state index in [1.807, 2.05) is 29.0 Å². The van der Waals surface area contributed by atoms with Crippen molar-refractivity contribution in [1.29, 1.82) is 0 Å². The smallest absolute Gasteiger partial charge is 0.188 e. The fourth-order valence-corrected chi connectivity index (χ4v) is 2.45. The summed E-state index contributed by atoms with van der Waals surface area (Å²) < 4.78 is 1.64. The number of hydrogen-bond donors (Lipinski definition) is 1. The summed E-state index contributed by atoms with van der Waals surface area (Å²) in [6.07, 6.45) is 0. The van der Waals surface area contributed by atoms with E-state index < -0.39 is 0 Å². The Morgan fingerprint density at radius 1 is 1.28 bits per heavy atom. The van der Waals surface area contributed by atoms with E-state index in [4.69, 9.17) is 17.3 Å². The van der Waals surface area contributed by atoms with Gasteiger partial charge >= 0.3 is 0 Å². The molecule has 3 aromatic rings. The Balaban J connectivity index is 2.19. The van der Waals surface area contributed by atoms with Crippen LogP contribution in [0.2, 0.25) is 5.02 Å². The molecule has 0 aliphatic heterocycles. The first-order chi connectivity index (χ1) is 8.77. The highest BCUT2D eigenvalue weighted by Gasteiger charge is 2.15. The van der Waals surface area contributed by atoms with Crippen molar-refractivity contribution in [3.05, 3.63) is 40.0 Å². The number of anilines is 1. The van der Waals surface area contributed by atoms with Crippen molar-refractivity contribution in [2.24, 2.45) is 0 Å². The number of aromatic nitrogens is 4. The number of nitrogen functional groups attached to an aromatic ring is 1. The first-order valence-corrected chi connectivity index (χ1v) is 6.45. The lowest BCUT2D eigenvalue weighted by molar-refractivity contribution is 0.793. The zero-order valence-corrected chi connectivity index (χ0v) is 10.7. The second kappa shape index (κ2) is 4.40. The van der Waals surface area contributed by atoms with E-state index in [1.54, 1.807) is 22.1 Å². The average molecular weight is 278 g/mol. The molecule has 0 aliphatic carbocycles. The molecule has 0 saturated heterocycles. The van der Waals surface area contributed by atoms with Gasteiger partial charge in [-0.15, -0.1) is 5.10 Å². The number of nitrogens with zero attached hydrogens (tertiary/aromatic N) is 4. The number of benzene rings is 1. The summed E-state index contributed by atoms with van der Waals surface area (Å²) in [6.45, 7) is 0. The molecule has 0 unspecified atom stereocenters. The monoisotopic (exact) mass is 277 g/mol. The van der Waals surface area contributed by atoms with Gasteiger partial charge in [-0.05, 0) is 34.0 Å². The van der Waals surface area contributed by atoms with Gasteiger partial charge in [0.05, 0.1) is 16.4 Å². The number of thiophene rings is 1. The minimum atomic E-state index is 0.462. The van der Waals surface area contributed by atoms with Gasteiger partial charge in [-0.2, -0.15) is 16.0 Å². The van der Waals surface area contributed by atoms with E-state index in [1.165, 1.54) is 0 Å². The quantitative estimate of drug-likeness (QED) is 0.731. The maximum absolute atomic E-state index is 6.19. The SMILES string of the molecule is Nc1cccc(-c2nnnn2-c2ccsc2)c1Cl. The maximum atomic E-state index is 6.19. The summed E-state index contributed by atoms with van der Waals surface area (Å²) in [5, 5.41) is 16.1. The third-order valence-electron chi connectivity index (χ3n) is 2.49. The minimum Gasteiger partial charge on any atom is -0.398 e. The molecule has 2 aromatic heterocycles. The molecular formula is C11H8ClN5S. The molecule has 5 nitrogen and oxygen atoms in total. The van der Waals surface area contributed by atoms with E-state index >= 15 is 0 Å². The Hall–Kier alpha value is -1.92. The van der Waals surface area contributed by atoms with Crippen LogP contribution in [-0.2, 0) is 0 Å². The molecule has 0 fully saturated rings. The molecule has 90 valence electrons. The van der Waals surface area contributed by atoms with E-state index in [0.717, 1.165) is 5.69 Å². The number of halogens is 1. The second-order valence-corrected chi connectivity index (χ2v) is 4.76. The van der Waals surface area contributed by atoms with Crippen LogP contribution in [0.4, 0.5) is 5.69 Å². The van der Waals surface area contributed by atoms with Crippen molar-refractivity contribution in [3.63, 3.8) is 0 Å². The van der Waals surface area contributed by atoms with Gasteiger partial charge in [0, 0.05) is 10.9 Å². The first-order valence-electron chi connectivity index (χ1n) is 5.12. The van der Waals surface area contributed by atoms with E-state index in [-0.39, 0.29) is 0 Å². The number of rotatable bonds is 2. The second-order valence-electron chi connectivity index (χ2n) is 3.60. The van der Waals surface area contributed by atoms with Crippen molar-refractivity contribution in [1.82, 2.24) is 20.2 Å². The van der Waals surface area contributed by atoms with Gasteiger partial charge in [0.25, 0.3) is 0 Å². The molecule has 2 N–H and O–H groups in total. The van der Waals surface area contributed by atoms with Crippen LogP contribution >= 0.6 is 22.9 Å². The van der Waals surface area contributed by atoms with Crippen molar-refractivity contribution in [2.45, 2.75) is 0 Å². The van der Waals surface area contributed by atoms with Crippen LogP contribution in [0.25, 0.3) is 17.1 Å². The van der Waals surface area contributed by atoms with Gasteiger partial charge in [-0.1, -0.05) is 17.7 Å². The van der Waals surface area contributed by atoms with Gasteiger partial charge in [-0.3, -0.25) is 0 Å². The van der Waals surface area contributed by atoms with Crippen molar-refractivity contribution in [2.75, 3.05) is 5.73 Å². The van der Waals surface area contributed by atoms with Gasteiger partial charge in [0.2, 0.25) is 0 Å². The summed E-state index contributed by atoms with van der Waals surface area (Å²) in [6, 6.07) is 7.34. The summed E-state index contributed by atoms with van der Waals surface area (Å²) in [7, 11) is 0. The Kier molecular flexibility index (Phi) is 2.73. The minimum absolute atomic E-state index is 0.462. The number of hydrogen-bond acceptors (Lipinski definition) is 5. The van der Waals surface area contributed by atoms with Gasteiger partial charge in [-0.25, -0.2) is 0 Å². The molecule has 2 heterocycles. The van der Waals surface area contributed by atoms with Crippen molar-refractivity contribution < 1.29 is 0 Å². The fraction of sp³-hybridized carbons (Fsp3) is 0. The molecule has 0 aliphatic rings. The van der Waals surface area contributed by atoms with Gasteiger partial charge < -0.3 is 5.73 Å². The predicted molar refractivity (Wildman–Crippen MR) is 71.9 cm³/mol. The van der Waals surface area contributed by atoms with Crippen LogP contribution in [0, 0.1) is 0 Å². The Labute approximate surface area is 112 Å². The molecule has 1 aromatic carbocycles. The third-order valence-corrected chi connectivity index (χ3v) is 3.58. The highest BCUT2D eigenvalue weighted by Crippen LogP contribution is 2.31. The number of tetrazole rings is 1. The average Bonchev–Trinajstić information content (AvgIpc) is 3.01. The Morgan fingerprint density at radius 2 is 2.17 bits per heavy atom. The highest BCUT2D eigenvalue weighted by atomic mass is 35.5. The lowest BCUT2D eigenvalue weighted by atomic mass is 10.2. The van der Waals surface area contributed by atoms with E-state index in [0.29, 0.717) is 22.1 Å². The normalized spacial score (nSPS) is 10.7. The maximum Gasteiger partial charge on any atom is 0.188 e. The Bertz CT molecular complexity index is 677. The summed E-state index contributed by atoms with van der Waals surface area (Å²) in [4.78, 5) is 0. The van der Waals surface area contributed by atoms with E-state index in [2.05, 4.69) is 15.5 Å². The van der Waals surface area contributed by atoms with Crippen molar-refractivity contribution >= 4 is 28.6 Å². The number of nitrogens with two attached hydrogens (primary N) is 1. The zero-order valence-electron chi connectivity index (χ0n) is 9.12. The largest absolute Gasteiger partial charge is 0.398 e. The van der Waals surface area contributed by atoms with Gasteiger partial charge in [0.1, 0.15) is 0 Å². The molecule has 0 bridgehead atoms. The molecule has 0 saturated carbocycles. The van der Waals surface area contributed by atoms with Gasteiger partial charge in [0.15, 0.2) is 5.82 Å². The van der Waals surface area contributed by atoms with Crippen LogP contribution in [0.5, 0.6) is 0 Å². The van der Waals surface area contributed by atoms with Crippen LogP contribution in [0.15, 0.2) is 35.0 Å². The summed E-state index contributed by atoms with van der Waals surface area (Å²) in [5.74, 6) is 0.575. The molecule has 0 spiro atoms. The molecular weight excluding hydrogens is 270 g/mol.